The van der Waals surface area contributed by atoms with Crippen molar-refractivity contribution in [3.63, 3.8) is 0 Å². The van der Waals surface area contributed by atoms with Crippen LogP contribution in [0.4, 0.5) is 0 Å². The standard InChI is InChI=1S/C8H16OS/c1-3-4-5-6-7-8-10(2)9/h5-6H,3-4,7-8H2,1-2H3/b6-5+. The molecule has 0 spiro atoms. The maximum atomic E-state index is 10.6. The van der Waals surface area contributed by atoms with E-state index >= 15 is 0 Å². The van der Waals surface area contributed by atoms with Gasteiger partial charge in [0.1, 0.15) is 0 Å². The first-order valence-corrected chi connectivity index (χ1v) is 5.45. The van der Waals surface area contributed by atoms with Crippen molar-refractivity contribution in [1.82, 2.24) is 0 Å². The van der Waals surface area contributed by atoms with Crippen LogP contribution in [0.1, 0.15) is 26.2 Å². The van der Waals surface area contributed by atoms with E-state index in [-0.39, 0.29) is 0 Å². The van der Waals surface area contributed by atoms with E-state index in [1.807, 2.05) is 0 Å². The van der Waals surface area contributed by atoms with Crippen molar-refractivity contribution >= 4 is 10.8 Å². The van der Waals surface area contributed by atoms with Crippen molar-refractivity contribution in [1.29, 1.82) is 0 Å². The zero-order chi connectivity index (χ0) is 7.82. The van der Waals surface area contributed by atoms with Crippen molar-refractivity contribution < 1.29 is 4.21 Å². The van der Waals surface area contributed by atoms with E-state index in [1.165, 1.54) is 6.42 Å². The quantitative estimate of drug-likeness (QED) is 0.563. The lowest BCUT2D eigenvalue weighted by Crippen LogP contribution is -1.90. The van der Waals surface area contributed by atoms with Gasteiger partial charge in [-0.15, -0.1) is 0 Å². The highest BCUT2D eigenvalue weighted by atomic mass is 32.2. The van der Waals surface area contributed by atoms with E-state index in [0.717, 1.165) is 18.6 Å². The molecule has 0 bridgehead atoms. The Balaban J connectivity index is 3.10. The summed E-state index contributed by atoms with van der Waals surface area (Å²) in [4.78, 5) is 0. The van der Waals surface area contributed by atoms with Gasteiger partial charge in [0, 0.05) is 22.8 Å². The van der Waals surface area contributed by atoms with Crippen LogP contribution in [-0.4, -0.2) is 16.2 Å². The first-order chi connectivity index (χ1) is 4.77. The van der Waals surface area contributed by atoms with Gasteiger partial charge in [0.05, 0.1) is 0 Å². The lowest BCUT2D eigenvalue weighted by molar-refractivity contribution is 0.686. The van der Waals surface area contributed by atoms with Gasteiger partial charge in [-0.2, -0.15) is 0 Å². The average Bonchev–Trinajstić information content (AvgIpc) is 1.87. The fourth-order valence-electron chi connectivity index (χ4n) is 0.636. The van der Waals surface area contributed by atoms with Crippen LogP contribution in [-0.2, 0) is 10.8 Å². The van der Waals surface area contributed by atoms with Crippen molar-refractivity contribution in [2.24, 2.45) is 0 Å². The Bertz CT molecular complexity index is 118. The molecular formula is C8H16OS. The van der Waals surface area contributed by atoms with Crippen molar-refractivity contribution in [3.05, 3.63) is 12.2 Å². The van der Waals surface area contributed by atoms with E-state index in [1.54, 1.807) is 6.26 Å². The largest absolute Gasteiger partial charge is 0.260 e. The molecule has 0 aromatic rings. The lowest BCUT2D eigenvalue weighted by Gasteiger charge is -1.88. The first-order valence-electron chi connectivity index (χ1n) is 3.72. The van der Waals surface area contributed by atoms with Gasteiger partial charge in [0.15, 0.2) is 0 Å². The van der Waals surface area contributed by atoms with Gasteiger partial charge in [-0.1, -0.05) is 25.5 Å². The van der Waals surface area contributed by atoms with Crippen molar-refractivity contribution in [2.45, 2.75) is 26.2 Å². The Labute approximate surface area is 66.0 Å². The third-order valence-corrected chi connectivity index (χ3v) is 2.00. The fourth-order valence-corrected chi connectivity index (χ4v) is 1.10. The fraction of sp³-hybridized carbons (Fsp3) is 0.750. The molecule has 0 radical (unpaired) electrons. The number of allylic oxidation sites excluding steroid dienone is 2. The number of hydrogen-bond acceptors (Lipinski definition) is 1. The van der Waals surface area contributed by atoms with Crippen LogP contribution in [0.15, 0.2) is 12.2 Å². The maximum Gasteiger partial charge on any atom is 0.0266 e. The first kappa shape index (κ1) is 9.89. The highest BCUT2D eigenvalue weighted by molar-refractivity contribution is 7.84. The van der Waals surface area contributed by atoms with Gasteiger partial charge in [-0.3, -0.25) is 4.21 Å². The summed E-state index contributed by atoms with van der Waals surface area (Å²) in [6.45, 7) is 2.16. The van der Waals surface area contributed by atoms with Gasteiger partial charge in [-0.05, 0) is 12.8 Å². The van der Waals surface area contributed by atoms with Crippen LogP contribution >= 0.6 is 0 Å². The molecule has 0 fully saturated rings. The SMILES string of the molecule is CCC/C=C/CCS(C)=O. The zero-order valence-electron chi connectivity index (χ0n) is 6.80. The van der Waals surface area contributed by atoms with Crippen LogP contribution in [0.3, 0.4) is 0 Å². The molecule has 0 N–H and O–H groups in total. The molecule has 60 valence electrons. The Morgan fingerprint density at radius 2 is 1.90 bits per heavy atom. The number of unbranched alkanes of at least 4 members (excludes halogenated alkanes) is 1. The maximum absolute atomic E-state index is 10.6. The highest BCUT2D eigenvalue weighted by Crippen LogP contribution is 1.91. The molecule has 1 unspecified atom stereocenters. The Morgan fingerprint density at radius 3 is 2.40 bits per heavy atom. The minimum Gasteiger partial charge on any atom is -0.260 e. The second kappa shape index (κ2) is 7.00. The molecule has 1 nitrogen and oxygen atoms in total. The van der Waals surface area contributed by atoms with Gasteiger partial charge < -0.3 is 0 Å². The molecule has 0 amide bonds. The van der Waals surface area contributed by atoms with Crippen LogP contribution in [0.5, 0.6) is 0 Å². The normalized spacial score (nSPS) is 14.2. The highest BCUT2D eigenvalue weighted by Gasteiger charge is 1.85. The molecule has 2 heteroatoms. The number of hydrogen-bond donors (Lipinski definition) is 0. The van der Waals surface area contributed by atoms with E-state index in [0.29, 0.717) is 0 Å². The Kier molecular flexibility index (Phi) is 6.93. The summed E-state index contributed by atoms with van der Waals surface area (Å²) in [5.74, 6) is 0.806. The Morgan fingerprint density at radius 1 is 1.30 bits per heavy atom. The molecule has 0 saturated heterocycles. The zero-order valence-corrected chi connectivity index (χ0v) is 7.62. The van der Waals surface area contributed by atoms with Gasteiger partial charge in [0.25, 0.3) is 0 Å². The summed E-state index contributed by atoms with van der Waals surface area (Å²) in [6.07, 6.45) is 9.33. The summed E-state index contributed by atoms with van der Waals surface area (Å²) in [6, 6.07) is 0. The van der Waals surface area contributed by atoms with Gasteiger partial charge >= 0.3 is 0 Å². The molecule has 0 heterocycles. The average molecular weight is 160 g/mol. The van der Waals surface area contributed by atoms with E-state index < -0.39 is 10.8 Å². The summed E-state index contributed by atoms with van der Waals surface area (Å²) in [7, 11) is -0.622. The van der Waals surface area contributed by atoms with Crippen molar-refractivity contribution in [3.8, 4) is 0 Å². The summed E-state index contributed by atoms with van der Waals surface area (Å²) in [5, 5.41) is 0. The third-order valence-electron chi connectivity index (χ3n) is 1.19. The van der Waals surface area contributed by atoms with Gasteiger partial charge in [-0.25, -0.2) is 0 Å². The topological polar surface area (TPSA) is 17.1 Å². The van der Waals surface area contributed by atoms with E-state index in [9.17, 15) is 4.21 Å². The Hall–Kier alpha value is -0.110. The minimum atomic E-state index is -0.622. The molecular weight excluding hydrogens is 144 g/mol. The summed E-state index contributed by atoms with van der Waals surface area (Å²) >= 11 is 0. The molecule has 0 saturated carbocycles. The van der Waals surface area contributed by atoms with Gasteiger partial charge in [0.2, 0.25) is 0 Å². The molecule has 1 atom stereocenters. The second-order valence-electron chi connectivity index (χ2n) is 2.33. The molecule has 0 aliphatic carbocycles. The predicted octanol–water partition coefficient (Wildman–Crippen LogP) is 2.11. The molecule has 0 aliphatic rings. The minimum absolute atomic E-state index is 0.622. The van der Waals surface area contributed by atoms with Crippen molar-refractivity contribution in [2.75, 3.05) is 12.0 Å². The number of rotatable bonds is 5. The molecule has 10 heavy (non-hydrogen) atoms. The van der Waals surface area contributed by atoms with E-state index in [2.05, 4.69) is 19.1 Å². The second-order valence-corrected chi connectivity index (χ2v) is 3.88. The third kappa shape index (κ3) is 7.89. The molecule has 0 rings (SSSR count). The summed E-state index contributed by atoms with van der Waals surface area (Å²) in [5.41, 5.74) is 0. The van der Waals surface area contributed by atoms with Crippen LogP contribution in [0, 0.1) is 0 Å². The molecule has 0 aromatic heterocycles. The molecule has 0 aromatic carbocycles. The predicted molar refractivity (Wildman–Crippen MR) is 47.6 cm³/mol. The monoisotopic (exact) mass is 160 g/mol. The molecule has 0 aliphatic heterocycles. The summed E-state index contributed by atoms with van der Waals surface area (Å²) < 4.78 is 10.6. The lowest BCUT2D eigenvalue weighted by atomic mass is 10.3. The smallest absolute Gasteiger partial charge is 0.0266 e. The van der Waals surface area contributed by atoms with Crippen LogP contribution in [0.25, 0.3) is 0 Å². The van der Waals surface area contributed by atoms with Crippen LogP contribution in [0.2, 0.25) is 0 Å². The van der Waals surface area contributed by atoms with E-state index in [4.69, 9.17) is 0 Å². The van der Waals surface area contributed by atoms with Crippen LogP contribution < -0.4 is 0 Å².